The Kier molecular flexibility index (Phi) is 8.95. The Morgan fingerprint density at radius 3 is 2.25 bits per heavy atom. The zero-order valence-corrected chi connectivity index (χ0v) is 7.71. The van der Waals surface area contributed by atoms with Crippen molar-refractivity contribution in [2.24, 2.45) is 0 Å². The van der Waals surface area contributed by atoms with Gasteiger partial charge in [0, 0.05) is 0 Å². The fraction of sp³-hybridized carbons (Fsp3) is 0.800. The Balaban J connectivity index is 2.90. The number of hydrogen-bond acceptors (Lipinski definition) is 2. The molecule has 72 valence electrons. The summed E-state index contributed by atoms with van der Waals surface area (Å²) < 4.78 is 0. The molecule has 0 aliphatic carbocycles. The van der Waals surface area contributed by atoms with E-state index in [-0.39, 0.29) is 0 Å². The van der Waals surface area contributed by atoms with Crippen LogP contribution in [0.3, 0.4) is 0 Å². The van der Waals surface area contributed by atoms with Crippen LogP contribution in [0.25, 0.3) is 0 Å². The van der Waals surface area contributed by atoms with Gasteiger partial charge >= 0.3 is 0 Å². The normalized spacial score (nSPS) is 13.2. The first-order valence-electron chi connectivity index (χ1n) is 4.76. The maximum Gasteiger partial charge on any atom is 0.108 e. The van der Waals surface area contributed by atoms with Gasteiger partial charge in [-0.25, -0.2) is 0 Å². The second kappa shape index (κ2) is 9.01. The molecule has 0 fully saturated rings. The standard InChI is InChI=1S/C10H20O2/c1-2-3-4-5-6-7-8-10(12)9-11/h9-12H,1-8H2. The van der Waals surface area contributed by atoms with E-state index in [9.17, 15) is 0 Å². The Labute approximate surface area is 75.6 Å². The minimum absolute atomic E-state index is 0.627. The zero-order valence-electron chi connectivity index (χ0n) is 7.71. The highest BCUT2D eigenvalue weighted by atomic mass is 16.3. The third-order valence-corrected chi connectivity index (χ3v) is 1.92. The first-order chi connectivity index (χ1) is 5.81. The Morgan fingerprint density at radius 2 is 1.67 bits per heavy atom. The topological polar surface area (TPSA) is 40.5 Å². The molecule has 0 saturated carbocycles. The Morgan fingerprint density at radius 1 is 1.08 bits per heavy atom. The van der Waals surface area contributed by atoms with Crippen molar-refractivity contribution >= 4 is 0 Å². The second-order valence-electron chi connectivity index (χ2n) is 3.13. The predicted molar refractivity (Wildman–Crippen MR) is 49.9 cm³/mol. The average Bonchev–Trinajstić information content (AvgIpc) is 2.10. The summed E-state index contributed by atoms with van der Waals surface area (Å²) in [6, 6.07) is 0. The zero-order chi connectivity index (χ0) is 9.23. The molecular formula is C10H20O2. The Hall–Kier alpha value is -0.0800. The quantitative estimate of drug-likeness (QED) is 0.552. The van der Waals surface area contributed by atoms with Crippen LogP contribution in [0, 0.1) is 13.5 Å². The molecule has 0 aromatic heterocycles. The van der Waals surface area contributed by atoms with E-state index in [2.05, 4.69) is 6.92 Å². The van der Waals surface area contributed by atoms with E-state index in [1.54, 1.807) is 0 Å². The molecule has 0 aromatic rings. The van der Waals surface area contributed by atoms with Crippen molar-refractivity contribution < 1.29 is 10.2 Å². The van der Waals surface area contributed by atoms with Gasteiger partial charge in [0.1, 0.15) is 6.61 Å². The summed E-state index contributed by atoms with van der Waals surface area (Å²) in [5.74, 6) is 0. The summed E-state index contributed by atoms with van der Waals surface area (Å²) in [5.41, 5.74) is 0. The van der Waals surface area contributed by atoms with Crippen LogP contribution in [-0.4, -0.2) is 16.3 Å². The molecule has 0 rings (SSSR count). The number of hydrogen-bond donors (Lipinski definition) is 2. The number of aliphatic hydroxyl groups is 2. The molecule has 0 heterocycles. The van der Waals surface area contributed by atoms with E-state index in [0.29, 0.717) is 6.42 Å². The predicted octanol–water partition coefficient (Wildman–Crippen LogP) is 2.45. The van der Waals surface area contributed by atoms with Crippen LogP contribution in [0.2, 0.25) is 0 Å². The molecule has 12 heavy (non-hydrogen) atoms. The lowest BCUT2D eigenvalue weighted by Crippen LogP contribution is -2.05. The lowest BCUT2D eigenvalue weighted by Gasteiger charge is -2.05. The van der Waals surface area contributed by atoms with E-state index in [0.717, 1.165) is 25.9 Å². The molecular weight excluding hydrogens is 152 g/mol. The summed E-state index contributed by atoms with van der Waals surface area (Å²) >= 11 is 0. The molecule has 0 saturated heterocycles. The molecule has 0 bridgehead atoms. The van der Waals surface area contributed by atoms with Crippen molar-refractivity contribution in [3.63, 3.8) is 0 Å². The summed E-state index contributed by atoms with van der Waals surface area (Å²) in [4.78, 5) is 0. The third kappa shape index (κ3) is 8.02. The molecule has 0 amide bonds. The summed E-state index contributed by atoms with van der Waals surface area (Å²) in [6.45, 7) is 4.62. The highest BCUT2D eigenvalue weighted by molar-refractivity contribution is 4.62. The van der Waals surface area contributed by atoms with E-state index < -0.39 is 6.10 Å². The molecule has 0 aromatic carbocycles. The van der Waals surface area contributed by atoms with Gasteiger partial charge in [0.25, 0.3) is 0 Å². The number of aliphatic hydroxyl groups excluding tert-OH is 2. The molecule has 2 radical (unpaired) electrons. The first kappa shape index (κ1) is 11.9. The molecule has 1 atom stereocenters. The van der Waals surface area contributed by atoms with Crippen molar-refractivity contribution in [2.45, 2.75) is 51.0 Å². The van der Waals surface area contributed by atoms with Crippen LogP contribution in [0.1, 0.15) is 44.9 Å². The van der Waals surface area contributed by atoms with Crippen LogP contribution in [0.4, 0.5) is 0 Å². The average molecular weight is 172 g/mol. The largest absolute Gasteiger partial charge is 0.390 e. The van der Waals surface area contributed by atoms with Crippen LogP contribution in [0.5, 0.6) is 0 Å². The van der Waals surface area contributed by atoms with Gasteiger partial charge in [0.05, 0.1) is 6.10 Å². The molecule has 2 N–H and O–H groups in total. The molecule has 2 nitrogen and oxygen atoms in total. The molecule has 2 heteroatoms. The highest BCUT2D eigenvalue weighted by Crippen LogP contribution is 2.08. The minimum Gasteiger partial charge on any atom is -0.390 e. The third-order valence-electron chi connectivity index (χ3n) is 1.92. The second-order valence-corrected chi connectivity index (χ2v) is 3.13. The van der Waals surface area contributed by atoms with E-state index in [1.807, 2.05) is 0 Å². The van der Waals surface area contributed by atoms with E-state index >= 15 is 0 Å². The van der Waals surface area contributed by atoms with Gasteiger partial charge in [-0.1, -0.05) is 45.4 Å². The Bertz CT molecular complexity index is 83.9. The number of unbranched alkanes of at least 4 members (excludes halogenated alkanes) is 5. The van der Waals surface area contributed by atoms with Crippen molar-refractivity contribution in [1.82, 2.24) is 0 Å². The summed E-state index contributed by atoms with van der Waals surface area (Å²) in [5, 5.41) is 17.3. The van der Waals surface area contributed by atoms with Crippen LogP contribution in [0.15, 0.2) is 0 Å². The van der Waals surface area contributed by atoms with Crippen LogP contribution < -0.4 is 0 Å². The van der Waals surface area contributed by atoms with Gasteiger partial charge in [-0.15, -0.1) is 0 Å². The highest BCUT2D eigenvalue weighted by Gasteiger charge is 2.00. The molecule has 0 aliphatic heterocycles. The van der Waals surface area contributed by atoms with E-state index in [1.165, 1.54) is 19.3 Å². The first-order valence-corrected chi connectivity index (χ1v) is 4.76. The van der Waals surface area contributed by atoms with Crippen LogP contribution in [-0.2, 0) is 0 Å². The summed E-state index contributed by atoms with van der Waals surface area (Å²) in [6.07, 6.45) is 6.87. The SMILES string of the molecule is [CH2]CCCCCCCC(O)[CH]O. The van der Waals surface area contributed by atoms with Crippen molar-refractivity contribution in [3.05, 3.63) is 13.5 Å². The van der Waals surface area contributed by atoms with Gasteiger partial charge < -0.3 is 10.2 Å². The van der Waals surface area contributed by atoms with Gasteiger partial charge in [-0.2, -0.15) is 0 Å². The number of rotatable bonds is 8. The maximum atomic E-state index is 8.95. The monoisotopic (exact) mass is 172 g/mol. The smallest absolute Gasteiger partial charge is 0.108 e. The maximum absolute atomic E-state index is 8.95. The molecule has 0 aliphatic rings. The van der Waals surface area contributed by atoms with Crippen molar-refractivity contribution in [3.8, 4) is 0 Å². The fourth-order valence-corrected chi connectivity index (χ4v) is 1.14. The summed E-state index contributed by atoms with van der Waals surface area (Å²) in [7, 11) is 0. The van der Waals surface area contributed by atoms with Crippen molar-refractivity contribution in [1.29, 1.82) is 0 Å². The van der Waals surface area contributed by atoms with Gasteiger partial charge in [0.15, 0.2) is 0 Å². The lowest BCUT2D eigenvalue weighted by molar-refractivity contribution is 0.133. The molecule has 0 spiro atoms. The minimum atomic E-state index is -0.627. The fourth-order valence-electron chi connectivity index (χ4n) is 1.14. The van der Waals surface area contributed by atoms with Gasteiger partial charge in [-0.3, -0.25) is 0 Å². The van der Waals surface area contributed by atoms with Gasteiger partial charge in [-0.05, 0) is 6.42 Å². The van der Waals surface area contributed by atoms with Crippen molar-refractivity contribution in [2.75, 3.05) is 0 Å². The lowest BCUT2D eigenvalue weighted by atomic mass is 10.1. The van der Waals surface area contributed by atoms with Gasteiger partial charge in [0.2, 0.25) is 0 Å². The molecule has 1 unspecified atom stereocenters. The van der Waals surface area contributed by atoms with Crippen LogP contribution >= 0.6 is 0 Å². The van der Waals surface area contributed by atoms with E-state index in [4.69, 9.17) is 10.2 Å².